The fourth-order valence-electron chi connectivity index (χ4n) is 4.57. The van der Waals surface area contributed by atoms with Crippen LogP contribution < -0.4 is 9.47 Å². The van der Waals surface area contributed by atoms with Crippen LogP contribution in [-0.2, 0) is 41.6 Å². The number of benzene rings is 1. The molecular formula is C28H38N2O9. The SMILES string of the molecule is COC(=O)CC(=O)Oc1c(CC=C(C)CCC(=O)OCCN2CCN(C)CC2)c(OC)c(C)c2c1C(=O)OC2. The summed E-state index contributed by atoms with van der Waals surface area (Å²) in [6, 6.07) is 0. The van der Waals surface area contributed by atoms with Gasteiger partial charge in [-0.05, 0) is 39.3 Å². The minimum Gasteiger partial charge on any atom is -0.496 e. The third-order valence-corrected chi connectivity index (χ3v) is 7.00. The summed E-state index contributed by atoms with van der Waals surface area (Å²) in [5, 5.41) is 0. The van der Waals surface area contributed by atoms with Crippen molar-refractivity contribution >= 4 is 23.9 Å². The standard InChI is InChI=1S/C28H38N2O9/c1-18(7-9-22(31)37-15-14-30-12-10-29(3)11-13-30)6-8-20-26(36-5)19(2)21-17-38-28(34)25(21)27(20)39-24(33)16-23(32)35-4/h6H,7-17H2,1-5H3. The van der Waals surface area contributed by atoms with Gasteiger partial charge in [0.1, 0.15) is 30.9 Å². The zero-order valence-corrected chi connectivity index (χ0v) is 23.4. The van der Waals surface area contributed by atoms with E-state index in [2.05, 4.69) is 21.6 Å². The summed E-state index contributed by atoms with van der Waals surface area (Å²) in [4.78, 5) is 53.4. The average Bonchev–Trinajstić information content (AvgIpc) is 3.30. The van der Waals surface area contributed by atoms with E-state index in [1.807, 2.05) is 13.0 Å². The number of hydrogen-bond donors (Lipinski definition) is 0. The molecule has 0 spiro atoms. The van der Waals surface area contributed by atoms with Gasteiger partial charge in [0.25, 0.3) is 0 Å². The number of esters is 4. The largest absolute Gasteiger partial charge is 0.496 e. The van der Waals surface area contributed by atoms with Gasteiger partial charge in [-0.1, -0.05) is 11.6 Å². The van der Waals surface area contributed by atoms with Crippen molar-refractivity contribution in [2.45, 2.75) is 46.1 Å². The van der Waals surface area contributed by atoms with Gasteiger partial charge >= 0.3 is 23.9 Å². The molecule has 1 saturated heterocycles. The highest BCUT2D eigenvalue weighted by molar-refractivity contribution is 6.00. The first-order chi connectivity index (χ1) is 18.6. The molecule has 0 amide bonds. The number of fused-ring (bicyclic) bond motifs is 1. The van der Waals surface area contributed by atoms with Gasteiger partial charge in [0.05, 0.1) is 14.2 Å². The van der Waals surface area contributed by atoms with E-state index < -0.39 is 24.3 Å². The number of carbonyl (C=O) groups is 4. The average molecular weight is 547 g/mol. The zero-order valence-electron chi connectivity index (χ0n) is 23.4. The summed E-state index contributed by atoms with van der Waals surface area (Å²) in [7, 11) is 4.76. The van der Waals surface area contributed by atoms with Crippen LogP contribution in [0.15, 0.2) is 11.6 Å². The Hall–Kier alpha value is -3.44. The number of carbonyl (C=O) groups excluding carboxylic acids is 4. The van der Waals surface area contributed by atoms with Crippen molar-refractivity contribution in [2.75, 3.05) is 60.6 Å². The molecule has 0 aromatic heterocycles. The van der Waals surface area contributed by atoms with Crippen LogP contribution in [0, 0.1) is 6.92 Å². The maximum absolute atomic E-state index is 12.5. The maximum atomic E-state index is 12.5. The Balaban J connectivity index is 1.67. The van der Waals surface area contributed by atoms with Crippen molar-refractivity contribution in [1.82, 2.24) is 9.80 Å². The van der Waals surface area contributed by atoms with E-state index in [9.17, 15) is 19.2 Å². The molecule has 0 atom stereocenters. The lowest BCUT2D eigenvalue weighted by molar-refractivity contribution is -0.148. The second kappa shape index (κ2) is 14.1. The van der Waals surface area contributed by atoms with Crippen molar-refractivity contribution < 1.29 is 42.9 Å². The van der Waals surface area contributed by atoms with E-state index in [-0.39, 0.29) is 36.7 Å². The van der Waals surface area contributed by atoms with Gasteiger partial charge in [-0.25, -0.2) is 4.79 Å². The summed E-state index contributed by atoms with van der Waals surface area (Å²) in [5.74, 6) is -2.03. The van der Waals surface area contributed by atoms with Gasteiger partial charge in [-0.2, -0.15) is 0 Å². The molecule has 214 valence electrons. The summed E-state index contributed by atoms with van der Waals surface area (Å²) in [5.41, 5.74) is 2.81. The third kappa shape index (κ3) is 8.03. The summed E-state index contributed by atoms with van der Waals surface area (Å²) >= 11 is 0. The van der Waals surface area contributed by atoms with Gasteiger partial charge in [0.2, 0.25) is 0 Å². The number of cyclic esters (lactones) is 1. The highest BCUT2D eigenvalue weighted by Gasteiger charge is 2.34. The summed E-state index contributed by atoms with van der Waals surface area (Å²) in [6.45, 7) is 8.79. The van der Waals surface area contributed by atoms with Crippen LogP contribution in [0.3, 0.4) is 0 Å². The Kier molecular flexibility index (Phi) is 10.9. The number of rotatable bonds is 12. The zero-order chi connectivity index (χ0) is 28.5. The molecule has 1 aromatic carbocycles. The first kappa shape index (κ1) is 30.1. The van der Waals surface area contributed by atoms with Gasteiger partial charge in [-0.3, -0.25) is 19.3 Å². The van der Waals surface area contributed by atoms with Crippen molar-refractivity contribution in [3.05, 3.63) is 33.9 Å². The molecule has 1 aromatic rings. The summed E-state index contributed by atoms with van der Waals surface area (Å²) < 4.78 is 26.3. The molecule has 0 saturated carbocycles. The molecule has 11 heteroatoms. The van der Waals surface area contributed by atoms with Gasteiger partial charge in [0.15, 0.2) is 5.75 Å². The highest BCUT2D eigenvalue weighted by atomic mass is 16.6. The van der Waals surface area contributed by atoms with Crippen molar-refractivity contribution in [1.29, 1.82) is 0 Å². The minimum atomic E-state index is -0.865. The number of ether oxygens (including phenoxy) is 5. The third-order valence-electron chi connectivity index (χ3n) is 7.00. The monoisotopic (exact) mass is 546 g/mol. The van der Waals surface area contributed by atoms with E-state index >= 15 is 0 Å². The highest BCUT2D eigenvalue weighted by Crippen LogP contribution is 2.43. The predicted molar refractivity (Wildman–Crippen MR) is 141 cm³/mol. The molecule has 3 rings (SSSR count). The van der Waals surface area contributed by atoms with Crippen LogP contribution in [0.1, 0.15) is 53.2 Å². The second-order valence-electron chi connectivity index (χ2n) is 9.74. The van der Waals surface area contributed by atoms with Crippen LogP contribution in [0.2, 0.25) is 0 Å². The van der Waals surface area contributed by atoms with Crippen LogP contribution in [-0.4, -0.2) is 94.3 Å². The predicted octanol–water partition coefficient (Wildman–Crippen LogP) is 2.20. The first-order valence-electron chi connectivity index (χ1n) is 13.0. The fraction of sp³-hybridized carbons (Fsp3) is 0.571. The number of nitrogens with zero attached hydrogens (tertiary/aromatic N) is 2. The molecule has 0 N–H and O–H groups in total. The van der Waals surface area contributed by atoms with Gasteiger partial charge < -0.3 is 28.6 Å². The van der Waals surface area contributed by atoms with Crippen molar-refractivity contribution in [3.63, 3.8) is 0 Å². The molecule has 2 aliphatic rings. The molecule has 39 heavy (non-hydrogen) atoms. The normalized spacial score (nSPS) is 15.9. The number of methoxy groups -OCH3 is 2. The molecule has 2 heterocycles. The Morgan fingerprint density at radius 2 is 1.72 bits per heavy atom. The van der Waals surface area contributed by atoms with Crippen molar-refractivity contribution in [2.24, 2.45) is 0 Å². The molecule has 2 aliphatic heterocycles. The first-order valence-corrected chi connectivity index (χ1v) is 13.0. The topological polar surface area (TPSA) is 121 Å². The minimum absolute atomic E-state index is 0.0104. The molecular weight excluding hydrogens is 508 g/mol. The van der Waals surface area contributed by atoms with E-state index in [1.54, 1.807) is 6.92 Å². The Morgan fingerprint density at radius 1 is 1.00 bits per heavy atom. The molecule has 0 aliphatic carbocycles. The maximum Gasteiger partial charge on any atom is 0.342 e. The molecule has 0 radical (unpaired) electrons. The van der Waals surface area contributed by atoms with E-state index in [0.29, 0.717) is 35.5 Å². The van der Waals surface area contributed by atoms with Crippen molar-refractivity contribution in [3.8, 4) is 11.5 Å². The van der Waals surface area contributed by atoms with Gasteiger partial charge in [0, 0.05) is 50.3 Å². The summed E-state index contributed by atoms with van der Waals surface area (Å²) in [6.07, 6.45) is 2.26. The molecule has 1 fully saturated rings. The number of piperazine rings is 1. The smallest absolute Gasteiger partial charge is 0.342 e. The van der Waals surface area contributed by atoms with Crippen LogP contribution in [0.4, 0.5) is 0 Å². The quantitative estimate of drug-likeness (QED) is 0.126. The lowest BCUT2D eigenvalue weighted by Crippen LogP contribution is -2.45. The van der Waals surface area contributed by atoms with E-state index in [4.69, 9.17) is 18.9 Å². The van der Waals surface area contributed by atoms with Crippen LogP contribution >= 0.6 is 0 Å². The van der Waals surface area contributed by atoms with Crippen LogP contribution in [0.25, 0.3) is 0 Å². The fourth-order valence-corrected chi connectivity index (χ4v) is 4.57. The molecule has 0 bridgehead atoms. The Morgan fingerprint density at radius 3 is 2.38 bits per heavy atom. The number of likely N-dealkylation sites (N-methyl/N-ethyl adjacent to an activating group) is 1. The van der Waals surface area contributed by atoms with Crippen LogP contribution in [0.5, 0.6) is 11.5 Å². The lowest BCUT2D eigenvalue weighted by Gasteiger charge is -2.32. The van der Waals surface area contributed by atoms with E-state index in [0.717, 1.165) is 38.3 Å². The van der Waals surface area contributed by atoms with Gasteiger partial charge in [-0.15, -0.1) is 0 Å². The number of allylic oxidation sites excluding steroid dienone is 2. The number of hydrogen-bond acceptors (Lipinski definition) is 11. The lowest BCUT2D eigenvalue weighted by atomic mass is 9.94. The molecule has 0 unspecified atom stereocenters. The Bertz CT molecular complexity index is 1120. The second-order valence-corrected chi connectivity index (χ2v) is 9.74. The van der Waals surface area contributed by atoms with E-state index in [1.165, 1.54) is 14.2 Å². The molecule has 11 nitrogen and oxygen atoms in total. The Labute approximate surface area is 228 Å².